The van der Waals surface area contributed by atoms with Crippen molar-refractivity contribution in [3.8, 4) is 0 Å². The van der Waals surface area contributed by atoms with E-state index in [0.29, 0.717) is 0 Å². The fourth-order valence-corrected chi connectivity index (χ4v) is 6.19. The minimum absolute atomic E-state index is 1.04. The van der Waals surface area contributed by atoms with Crippen molar-refractivity contribution in [3.63, 3.8) is 0 Å². The Morgan fingerprint density at radius 2 is 0.292 bits per heavy atom. The van der Waals surface area contributed by atoms with Crippen LogP contribution in [0.4, 0.5) is 167 Å². The third kappa shape index (κ3) is 5.72. The molecule has 3 saturated carbocycles. The molecule has 3 fully saturated rings. The number of hydrogen-bond acceptors (Lipinski definition) is 0. The van der Waals surface area contributed by atoms with Crippen LogP contribution in [0.3, 0.4) is 0 Å². The Balaban J connectivity index is 0.00000188. The molecule has 0 aromatic heterocycles. The summed E-state index contributed by atoms with van der Waals surface area (Å²) < 4.78 is 546. The minimum Gasteiger partial charge on any atom is -0.226 e. The normalized spacial score (nSPS) is 34.0. The van der Waals surface area contributed by atoms with E-state index in [1.54, 1.807) is 0 Å². The molecule has 3 rings (SSSR count). The van der Waals surface area contributed by atoms with Crippen LogP contribution in [0.1, 0.15) is 39.0 Å². The van der Waals surface area contributed by atoms with Gasteiger partial charge >= 0.3 is 107 Å². The summed E-state index contributed by atoms with van der Waals surface area (Å²) in [5.74, 6) is -192. The molecular weight excluding hydrogens is 1050 g/mol. The predicted molar refractivity (Wildman–Crippen MR) is 129 cm³/mol. The monoisotopic (exact) mass is 1060 g/mol. The number of hydrogen-bond donors (Lipinski definition) is 0. The maximum absolute atomic E-state index is 16.0. The van der Waals surface area contributed by atoms with Crippen LogP contribution in [0.2, 0.25) is 0 Å². The van der Waals surface area contributed by atoms with Crippen LogP contribution >= 0.6 is 0 Å². The lowest BCUT2D eigenvalue weighted by Gasteiger charge is -2.58. The highest BCUT2D eigenvalue weighted by molar-refractivity contribution is 5.38. The van der Waals surface area contributed by atoms with E-state index >= 15 is 8.78 Å². The van der Waals surface area contributed by atoms with Gasteiger partial charge in [-0.25, -0.2) is 8.78 Å². The highest BCUT2D eigenvalue weighted by atomic mass is 19.4. The maximum atomic E-state index is 16.0. The average Bonchev–Trinajstić information content (AvgIpc) is 3.12. The van der Waals surface area contributed by atoms with Crippen molar-refractivity contribution in [2.24, 2.45) is 5.92 Å². The molecule has 0 aromatic rings. The number of rotatable bonds is 1. The lowest BCUT2D eigenvalue weighted by molar-refractivity contribution is -0.537. The molecular formula is C27H14F38. The lowest BCUT2D eigenvalue weighted by atomic mass is 9.60. The highest BCUT2D eigenvalue weighted by Crippen LogP contribution is 2.79. The largest absolute Gasteiger partial charge is 0.385 e. The molecule has 3 aliphatic rings. The van der Waals surface area contributed by atoms with E-state index in [4.69, 9.17) is 0 Å². The quantitative estimate of drug-likeness (QED) is 0.230. The number of halogens is 38. The molecule has 0 heterocycles. The first-order valence-electron chi connectivity index (χ1n) is 15.8. The Kier molecular flexibility index (Phi) is 12.8. The molecule has 0 aliphatic heterocycles. The van der Waals surface area contributed by atoms with Crippen molar-refractivity contribution in [2.45, 2.75) is 157 Å². The van der Waals surface area contributed by atoms with Crippen molar-refractivity contribution < 1.29 is 167 Å². The van der Waals surface area contributed by atoms with Gasteiger partial charge in [0.1, 0.15) is 0 Å². The predicted octanol–water partition coefficient (Wildman–Crippen LogP) is 14.5. The van der Waals surface area contributed by atoms with Gasteiger partial charge in [0.25, 0.3) is 11.3 Å². The van der Waals surface area contributed by atoms with E-state index in [1.807, 2.05) is 0 Å². The van der Waals surface area contributed by atoms with Gasteiger partial charge in [0, 0.05) is 0 Å². The summed E-state index contributed by atoms with van der Waals surface area (Å²) in [5.41, 5.74) is -24.5. The lowest BCUT2D eigenvalue weighted by Crippen LogP contribution is -2.93. The Bertz CT molecular complexity index is 1550. The summed E-state index contributed by atoms with van der Waals surface area (Å²) in [6.45, 7) is 2.36. The first-order chi connectivity index (χ1) is 27.6. The smallest absolute Gasteiger partial charge is 0.226 e. The van der Waals surface area contributed by atoms with Gasteiger partial charge in [-0.1, -0.05) is 39.0 Å². The molecule has 0 nitrogen and oxygen atoms in total. The van der Waals surface area contributed by atoms with Gasteiger partial charge < -0.3 is 0 Å². The molecule has 388 valence electrons. The molecule has 3 aliphatic carbocycles. The molecule has 0 bridgehead atoms. The minimum atomic E-state index is -12.3. The fraction of sp³-hybridized carbons (Fsp3) is 1.00. The second-order valence-corrected chi connectivity index (χ2v) is 14.4. The van der Waals surface area contributed by atoms with Crippen LogP contribution in [0.5, 0.6) is 0 Å². The summed E-state index contributed by atoms with van der Waals surface area (Å²) in [6.07, 6.45) is 7.44. The van der Waals surface area contributed by atoms with Gasteiger partial charge in [0.05, 0.1) is 0 Å². The van der Waals surface area contributed by atoms with E-state index in [0.717, 1.165) is 5.92 Å². The topological polar surface area (TPSA) is 0 Å². The van der Waals surface area contributed by atoms with Gasteiger partial charge in [-0.3, -0.25) is 0 Å². The van der Waals surface area contributed by atoms with Crippen molar-refractivity contribution >= 4 is 0 Å². The van der Waals surface area contributed by atoms with Crippen molar-refractivity contribution in [2.75, 3.05) is 0 Å². The Morgan fingerprint density at radius 1 is 0.185 bits per heavy atom. The van der Waals surface area contributed by atoms with Crippen molar-refractivity contribution in [3.05, 3.63) is 0 Å². The van der Waals surface area contributed by atoms with E-state index in [2.05, 4.69) is 6.92 Å². The highest BCUT2D eigenvalue weighted by Gasteiger charge is 3.12. The number of alkyl halides is 38. The summed E-state index contributed by atoms with van der Waals surface area (Å²) in [5, 5.41) is 0. The van der Waals surface area contributed by atoms with Gasteiger partial charge in [0.15, 0.2) is 0 Å². The van der Waals surface area contributed by atoms with Crippen LogP contribution in [0.15, 0.2) is 0 Å². The first kappa shape index (κ1) is 58.5. The third-order valence-electron chi connectivity index (χ3n) is 10.4. The molecule has 0 saturated heterocycles. The molecule has 0 radical (unpaired) electrons. The Hall–Kier alpha value is -2.66. The average molecular weight is 1060 g/mol. The molecule has 0 spiro atoms. The molecule has 0 unspecified atom stereocenters. The van der Waals surface area contributed by atoms with Crippen LogP contribution in [-0.2, 0) is 0 Å². The maximum Gasteiger partial charge on any atom is 0.385 e. The zero-order valence-electron chi connectivity index (χ0n) is 29.5. The van der Waals surface area contributed by atoms with E-state index < -0.39 is 118 Å². The van der Waals surface area contributed by atoms with Crippen LogP contribution in [-0.4, -0.2) is 118 Å². The van der Waals surface area contributed by atoms with Gasteiger partial charge in [0.2, 0.25) is 0 Å². The van der Waals surface area contributed by atoms with E-state index in [-0.39, 0.29) is 0 Å². The molecule has 38 heteroatoms. The van der Waals surface area contributed by atoms with Gasteiger partial charge in [-0.15, -0.1) is 0 Å². The van der Waals surface area contributed by atoms with E-state index in [1.165, 1.54) is 32.1 Å². The third-order valence-corrected chi connectivity index (χ3v) is 10.4. The zero-order chi connectivity index (χ0) is 53.1. The second-order valence-electron chi connectivity index (χ2n) is 14.4. The van der Waals surface area contributed by atoms with Crippen molar-refractivity contribution in [1.82, 2.24) is 0 Å². The van der Waals surface area contributed by atoms with Crippen LogP contribution in [0.25, 0.3) is 0 Å². The first-order valence-corrected chi connectivity index (χ1v) is 15.8. The molecule has 0 atom stereocenters. The van der Waals surface area contributed by atoms with E-state index in [9.17, 15) is 158 Å². The second kappa shape index (κ2) is 14.2. The summed E-state index contributed by atoms with van der Waals surface area (Å²) in [7, 11) is 0. The molecule has 0 amide bonds. The standard InChI is InChI=1S/C20F38.C7H14/c21-1(3(23,24)7(31,32)11(39,40)15(47,48)19(55,56)16(49,50)12(41,42)8(33,34)4(1,25)26)2(22)5(27,28)9(35,36)13(43,44)17(51,52)20(57,58)18(53,54)14(45,46)10(37,38)6(2,29)30;1-7-5-3-2-4-6-7/h;7H,2-6H2,1H3. The summed E-state index contributed by atoms with van der Waals surface area (Å²) in [4.78, 5) is 0. The molecule has 0 N–H and O–H groups in total. The molecule has 65 heavy (non-hydrogen) atoms. The van der Waals surface area contributed by atoms with Crippen molar-refractivity contribution in [1.29, 1.82) is 0 Å². The SMILES string of the molecule is CC1CCCCC1.FC1(F)C(F)(F)C(F)(F)C(F)(F)C(F)(F)C(F)(C2(F)C(F)(F)C(F)(F)C(F)(F)C(F)(F)C(F)(F)C(F)(F)C(F)(F)C(F)(F)C2(F)F)C(F)(F)C(F)(F)C(F)(F)C1(F)F. The van der Waals surface area contributed by atoms with Gasteiger partial charge in [-0.2, -0.15) is 158 Å². The Morgan fingerprint density at radius 3 is 0.385 bits per heavy atom. The molecule has 0 aromatic carbocycles. The van der Waals surface area contributed by atoms with Gasteiger partial charge in [-0.05, 0) is 5.92 Å². The Labute approximate surface area is 331 Å². The summed E-state index contributed by atoms with van der Waals surface area (Å²) in [6, 6.07) is 0. The summed E-state index contributed by atoms with van der Waals surface area (Å²) >= 11 is 0. The van der Waals surface area contributed by atoms with Crippen LogP contribution in [0, 0.1) is 5.92 Å². The van der Waals surface area contributed by atoms with Crippen LogP contribution < -0.4 is 0 Å². The fourth-order valence-electron chi connectivity index (χ4n) is 6.19. The zero-order valence-corrected chi connectivity index (χ0v) is 29.5.